The van der Waals surface area contributed by atoms with E-state index in [-0.39, 0.29) is 12.2 Å². The molecule has 5 nitrogen and oxygen atoms in total. The van der Waals surface area contributed by atoms with E-state index in [2.05, 4.69) is 6.92 Å². The van der Waals surface area contributed by atoms with E-state index in [1.54, 1.807) is 4.31 Å². The quantitative estimate of drug-likeness (QED) is 0.824. The molecule has 0 saturated carbocycles. The number of hydrogen-bond acceptors (Lipinski definition) is 4. The van der Waals surface area contributed by atoms with Crippen LogP contribution in [0, 0.1) is 32.6 Å². The van der Waals surface area contributed by atoms with Gasteiger partial charge in [-0.3, -0.25) is 0 Å². The van der Waals surface area contributed by atoms with Gasteiger partial charge in [-0.05, 0) is 44.7 Å². The summed E-state index contributed by atoms with van der Waals surface area (Å²) in [5.74, 6) is 0.711. The maximum atomic E-state index is 13.1. The summed E-state index contributed by atoms with van der Waals surface area (Å²) in [7, 11) is -3.45. The van der Waals surface area contributed by atoms with Crippen LogP contribution in [0.5, 0.6) is 0 Å². The zero-order valence-corrected chi connectivity index (χ0v) is 16.4. The van der Waals surface area contributed by atoms with Crippen LogP contribution in [0.1, 0.15) is 36.5 Å². The third-order valence-electron chi connectivity index (χ3n) is 5.18. The van der Waals surface area contributed by atoms with E-state index >= 15 is 0 Å². The Morgan fingerprint density at radius 2 is 1.52 bits per heavy atom. The average molecular weight is 368 g/mol. The van der Waals surface area contributed by atoms with E-state index in [9.17, 15) is 8.42 Å². The Bertz CT molecular complexity index is 692. The van der Waals surface area contributed by atoms with Gasteiger partial charge in [-0.15, -0.1) is 0 Å². The summed E-state index contributed by atoms with van der Waals surface area (Å²) in [6, 6.07) is 3.88. The minimum Gasteiger partial charge on any atom is -0.352 e. The molecule has 2 heterocycles. The molecule has 2 aliphatic rings. The van der Waals surface area contributed by atoms with E-state index in [4.69, 9.17) is 9.47 Å². The monoisotopic (exact) mass is 367 g/mol. The molecule has 0 amide bonds. The van der Waals surface area contributed by atoms with Crippen LogP contribution in [-0.4, -0.2) is 45.3 Å². The third-order valence-corrected chi connectivity index (χ3v) is 7.38. The molecule has 1 aromatic carbocycles. The summed E-state index contributed by atoms with van der Waals surface area (Å²) >= 11 is 0. The van der Waals surface area contributed by atoms with Crippen LogP contribution in [0.15, 0.2) is 17.0 Å². The van der Waals surface area contributed by atoms with Crippen molar-refractivity contribution in [1.29, 1.82) is 0 Å². The fraction of sp³-hybridized carbons (Fsp3) is 0.684. The third kappa shape index (κ3) is 3.92. The van der Waals surface area contributed by atoms with Crippen molar-refractivity contribution in [3.63, 3.8) is 0 Å². The minimum atomic E-state index is -3.45. The Balaban J connectivity index is 1.70. The van der Waals surface area contributed by atoms with Crippen LogP contribution >= 0.6 is 0 Å². The minimum absolute atomic E-state index is 0.177. The molecule has 25 heavy (non-hydrogen) atoms. The predicted molar refractivity (Wildman–Crippen MR) is 97.0 cm³/mol. The van der Waals surface area contributed by atoms with Crippen LogP contribution in [0.3, 0.4) is 0 Å². The number of benzene rings is 1. The number of aryl methyl sites for hydroxylation is 3. The van der Waals surface area contributed by atoms with Crippen LogP contribution in [-0.2, 0) is 19.5 Å². The van der Waals surface area contributed by atoms with E-state index in [1.165, 1.54) is 0 Å². The van der Waals surface area contributed by atoms with Crippen molar-refractivity contribution in [2.24, 2.45) is 11.8 Å². The molecule has 0 bridgehead atoms. The molecule has 0 N–H and O–H groups in total. The summed E-state index contributed by atoms with van der Waals surface area (Å²) in [5, 5.41) is 0. The Labute approximate surface area is 151 Å². The van der Waals surface area contributed by atoms with E-state index < -0.39 is 10.0 Å². The highest BCUT2D eigenvalue weighted by molar-refractivity contribution is 7.89. The summed E-state index contributed by atoms with van der Waals surface area (Å²) in [6.07, 6.45) is 1.38. The predicted octanol–water partition coefficient (Wildman–Crippen LogP) is 3.02. The topological polar surface area (TPSA) is 55.8 Å². The first-order valence-corrected chi connectivity index (χ1v) is 10.5. The average Bonchev–Trinajstić information content (AvgIpc) is 2.54. The van der Waals surface area contributed by atoms with Gasteiger partial charge >= 0.3 is 0 Å². The fourth-order valence-electron chi connectivity index (χ4n) is 3.98. The van der Waals surface area contributed by atoms with Crippen molar-refractivity contribution in [3.8, 4) is 0 Å². The van der Waals surface area contributed by atoms with E-state index in [0.29, 0.717) is 23.9 Å². The molecule has 3 rings (SSSR count). The number of sulfonamides is 1. The number of piperidine rings is 1. The summed E-state index contributed by atoms with van der Waals surface area (Å²) in [5.41, 5.74) is 2.74. The molecule has 140 valence electrons. The van der Waals surface area contributed by atoms with Crippen molar-refractivity contribution in [3.05, 3.63) is 28.8 Å². The summed E-state index contributed by atoms with van der Waals surface area (Å²) in [6.45, 7) is 10.4. The van der Waals surface area contributed by atoms with Crippen molar-refractivity contribution in [2.45, 2.75) is 51.7 Å². The lowest BCUT2D eigenvalue weighted by Crippen LogP contribution is -2.44. The summed E-state index contributed by atoms with van der Waals surface area (Å²) in [4.78, 5) is 0.468. The molecule has 0 unspecified atom stereocenters. The number of hydrogen-bond donors (Lipinski definition) is 0. The number of rotatable bonds is 3. The van der Waals surface area contributed by atoms with Crippen LogP contribution in [0.4, 0.5) is 0 Å². The SMILES string of the molecule is Cc1cc(C)c(S(=O)(=O)N2CCC(C3OCC(C)CO3)CC2)c(C)c1. The lowest BCUT2D eigenvalue weighted by Gasteiger charge is -2.38. The first kappa shape index (κ1) is 18.8. The maximum Gasteiger partial charge on any atom is 0.243 e. The van der Waals surface area contributed by atoms with Gasteiger partial charge in [0, 0.05) is 24.9 Å². The first-order valence-electron chi connectivity index (χ1n) is 9.10. The van der Waals surface area contributed by atoms with Gasteiger partial charge in [-0.25, -0.2) is 8.42 Å². The molecule has 0 atom stereocenters. The van der Waals surface area contributed by atoms with Gasteiger partial charge in [0.15, 0.2) is 6.29 Å². The van der Waals surface area contributed by atoms with E-state index in [1.807, 2.05) is 32.9 Å². The Morgan fingerprint density at radius 1 is 1.00 bits per heavy atom. The normalized spacial score (nSPS) is 26.7. The zero-order chi connectivity index (χ0) is 18.2. The standard InChI is InChI=1S/C19H29NO4S/c1-13-9-15(3)18(16(4)10-13)25(21,22)20-7-5-17(6-8-20)19-23-11-14(2)12-24-19/h9-10,14,17,19H,5-8,11-12H2,1-4H3. The second-order valence-electron chi connectivity index (χ2n) is 7.61. The Morgan fingerprint density at radius 3 is 2.04 bits per heavy atom. The molecule has 0 spiro atoms. The Hall–Kier alpha value is -0.950. The highest BCUT2D eigenvalue weighted by Gasteiger charge is 2.36. The zero-order valence-electron chi connectivity index (χ0n) is 15.6. The smallest absolute Gasteiger partial charge is 0.243 e. The lowest BCUT2D eigenvalue weighted by atomic mass is 9.97. The molecule has 0 aliphatic carbocycles. The largest absolute Gasteiger partial charge is 0.352 e. The molecular weight excluding hydrogens is 338 g/mol. The summed E-state index contributed by atoms with van der Waals surface area (Å²) < 4.78 is 39.5. The highest BCUT2D eigenvalue weighted by atomic mass is 32.2. The second-order valence-corrected chi connectivity index (χ2v) is 9.48. The number of ether oxygens (including phenoxy) is 2. The fourth-order valence-corrected chi connectivity index (χ4v) is 5.86. The van der Waals surface area contributed by atoms with Gasteiger partial charge in [-0.2, -0.15) is 4.31 Å². The van der Waals surface area contributed by atoms with Crippen LogP contribution in [0.25, 0.3) is 0 Å². The maximum absolute atomic E-state index is 13.1. The van der Waals surface area contributed by atoms with Gasteiger partial charge < -0.3 is 9.47 Å². The molecular formula is C19H29NO4S. The lowest BCUT2D eigenvalue weighted by molar-refractivity contribution is -0.226. The van der Waals surface area contributed by atoms with Crippen molar-refractivity contribution in [1.82, 2.24) is 4.31 Å². The molecule has 1 aromatic rings. The van der Waals surface area contributed by atoms with Crippen molar-refractivity contribution < 1.29 is 17.9 Å². The molecule has 2 saturated heterocycles. The van der Waals surface area contributed by atoms with Crippen molar-refractivity contribution >= 4 is 10.0 Å². The van der Waals surface area contributed by atoms with Gasteiger partial charge in [-0.1, -0.05) is 24.6 Å². The molecule has 2 fully saturated rings. The molecule has 6 heteroatoms. The van der Waals surface area contributed by atoms with Crippen LogP contribution < -0.4 is 0 Å². The van der Waals surface area contributed by atoms with Crippen LogP contribution in [0.2, 0.25) is 0 Å². The van der Waals surface area contributed by atoms with E-state index in [0.717, 1.165) is 42.7 Å². The van der Waals surface area contributed by atoms with Gasteiger partial charge in [0.1, 0.15) is 0 Å². The van der Waals surface area contributed by atoms with Gasteiger partial charge in [0.2, 0.25) is 10.0 Å². The van der Waals surface area contributed by atoms with Gasteiger partial charge in [0.05, 0.1) is 18.1 Å². The molecule has 0 aromatic heterocycles. The van der Waals surface area contributed by atoms with Crippen molar-refractivity contribution in [2.75, 3.05) is 26.3 Å². The molecule has 0 radical (unpaired) electrons. The first-order chi connectivity index (χ1) is 11.8. The Kier molecular flexibility index (Phi) is 5.54. The highest BCUT2D eigenvalue weighted by Crippen LogP contribution is 2.31. The number of nitrogens with zero attached hydrogens (tertiary/aromatic N) is 1. The van der Waals surface area contributed by atoms with Gasteiger partial charge in [0.25, 0.3) is 0 Å². The molecule has 2 aliphatic heterocycles. The second kappa shape index (κ2) is 7.35.